The Morgan fingerprint density at radius 2 is 2.06 bits per heavy atom. The lowest BCUT2D eigenvalue weighted by Gasteiger charge is -2.04. The minimum Gasteiger partial charge on any atom is -0.360 e. The first kappa shape index (κ1) is 13.0. The number of thioether (sulfide) groups is 1. The van der Waals surface area contributed by atoms with Crippen molar-refractivity contribution in [1.29, 1.82) is 10.5 Å². The highest BCUT2D eigenvalue weighted by molar-refractivity contribution is 7.99. The summed E-state index contributed by atoms with van der Waals surface area (Å²) in [6.07, 6.45) is 1.23. The molecular formula is C11H7F2N3S. The first-order chi connectivity index (χ1) is 8.15. The van der Waals surface area contributed by atoms with Gasteiger partial charge in [0, 0.05) is 16.8 Å². The lowest BCUT2D eigenvalue weighted by Crippen LogP contribution is -1.90. The van der Waals surface area contributed by atoms with E-state index in [0.717, 1.165) is 0 Å². The number of rotatable bonds is 4. The van der Waals surface area contributed by atoms with Gasteiger partial charge in [-0.1, -0.05) is 17.8 Å². The highest BCUT2D eigenvalue weighted by Gasteiger charge is 2.05. The summed E-state index contributed by atoms with van der Waals surface area (Å²) in [6.45, 7) is 0. The van der Waals surface area contributed by atoms with Crippen LogP contribution in [0.5, 0.6) is 0 Å². The van der Waals surface area contributed by atoms with E-state index in [-0.39, 0.29) is 5.57 Å². The van der Waals surface area contributed by atoms with Crippen LogP contribution in [0.25, 0.3) is 0 Å². The fourth-order valence-corrected chi connectivity index (χ4v) is 1.56. The maximum atomic E-state index is 12.1. The molecule has 0 bridgehead atoms. The molecule has 0 amide bonds. The molecule has 0 spiro atoms. The van der Waals surface area contributed by atoms with Crippen LogP contribution in [0, 0.1) is 22.7 Å². The minimum absolute atomic E-state index is 0.0862. The summed E-state index contributed by atoms with van der Waals surface area (Å²) in [7, 11) is 0. The third-order valence-electron chi connectivity index (χ3n) is 1.68. The van der Waals surface area contributed by atoms with Crippen molar-refractivity contribution in [3.8, 4) is 12.1 Å². The zero-order valence-corrected chi connectivity index (χ0v) is 9.34. The van der Waals surface area contributed by atoms with Crippen molar-refractivity contribution >= 4 is 17.4 Å². The molecule has 6 heteroatoms. The van der Waals surface area contributed by atoms with E-state index in [9.17, 15) is 8.78 Å². The quantitative estimate of drug-likeness (QED) is 0.658. The maximum absolute atomic E-state index is 12.1. The third-order valence-corrected chi connectivity index (χ3v) is 2.39. The standard InChI is InChI=1S/C11H7F2N3S/c12-11(13)17-10-3-1-2-9(4-10)16-7-8(5-14)6-15/h1-4,7,11,16H. The Hall–Kier alpha value is -2.05. The van der Waals surface area contributed by atoms with E-state index in [2.05, 4.69) is 5.32 Å². The number of allylic oxidation sites excluding steroid dienone is 1. The molecule has 3 nitrogen and oxygen atoms in total. The zero-order valence-electron chi connectivity index (χ0n) is 8.52. The van der Waals surface area contributed by atoms with Crippen molar-refractivity contribution in [2.75, 3.05) is 5.32 Å². The second-order valence-corrected chi connectivity index (χ2v) is 3.90. The van der Waals surface area contributed by atoms with E-state index in [4.69, 9.17) is 10.5 Å². The SMILES string of the molecule is N#CC(C#N)=CNc1cccc(SC(F)F)c1. The summed E-state index contributed by atoms with van der Waals surface area (Å²) in [5.41, 5.74) is 0.454. The van der Waals surface area contributed by atoms with E-state index in [1.807, 2.05) is 0 Å². The number of anilines is 1. The Balaban J connectivity index is 2.77. The number of nitrogens with zero attached hydrogens (tertiary/aromatic N) is 2. The molecule has 0 aliphatic heterocycles. The number of hydrogen-bond acceptors (Lipinski definition) is 4. The van der Waals surface area contributed by atoms with Crippen molar-refractivity contribution in [3.63, 3.8) is 0 Å². The molecule has 1 rings (SSSR count). The van der Waals surface area contributed by atoms with Gasteiger partial charge in [0.05, 0.1) is 0 Å². The summed E-state index contributed by atoms with van der Waals surface area (Å²) in [4.78, 5) is 0.411. The van der Waals surface area contributed by atoms with Gasteiger partial charge < -0.3 is 5.32 Å². The largest absolute Gasteiger partial charge is 0.360 e. The second kappa shape index (κ2) is 6.51. The van der Waals surface area contributed by atoms with Crippen molar-refractivity contribution in [2.24, 2.45) is 0 Å². The predicted octanol–water partition coefficient (Wildman–Crippen LogP) is 3.34. The topological polar surface area (TPSA) is 59.6 Å². The monoisotopic (exact) mass is 251 g/mol. The van der Waals surface area contributed by atoms with E-state index >= 15 is 0 Å². The summed E-state index contributed by atoms with van der Waals surface area (Å²) in [5.74, 6) is -2.48. The lowest BCUT2D eigenvalue weighted by molar-refractivity contribution is 0.252. The van der Waals surface area contributed by atoms with Gasteiger partial charge in [-0.25, -0.2) is 0 Å². The van der Waals surface area contributed by atoms with Crippen LogP contribution in [-0.4, -0.2) is 5.76 Å². The van der Waals surface area contributed by atoms with Crippen molar-refractivity contribution in [3.05, 3.63) is 36.0 Å². The van der Waals surface area contributed by atoms with Gasteiger partial charge in [0.25, 0.3) is 5.76 Å². The van der Waals surface area contributed by atoms with Gasteiger partial charge in [0.15, 0.2) is 0 Å². The van der Waals surface area contributed by atoms with Crippen LogP contribution >= 0.6 is 11.8 Å². The van der Waals surface area contributed by atoms with E-state index < -0.39 is 5.76 Å². The van der Waals surface area contributed by atoms with Gasteiger partial charge in [0.1, 0.15) is 17.7 Å². The average Bonchev–Trinajstić information content (AvgIpc) is 2.30. The molecule has 0 saturated carbocycles. The fourth-order valence-electron chi connectivity index (χ4n) is 1.01. The minimum atomic E-state index is -2.48. The highest BCUT2D eigenvalue weighted by atomic mass is 32.2. The smallest absolute Gasteiger partial charge is 0.288 e. The average molecular weight is 251 g/mol. The molecule has 0 atom stereocenters. The van der Waals surface area contributed by atoms with Gasteiger partial charge >= 0.3 is 0 Å². The lowest BCUT2D eigenvalue weighted by atomic mass is 10.3. The van der Waals surface area contributed by atoms with E-state index in [0.29, 0.717) is 22.3 Å². The number of halogens is 2. The van der Waals surface area contributed by atoms with E-state index in [1.165, 1.54) is 12.3 Å². The Kier molecular flexibility index (Phi) is 4.99. The number of alkyl halides is 2. The molecule has 0 saturated heterocycles. The van der Waals surface area contributed by atoms with E-state index in [1.54, 1.807) is 30.3 Å². The molecule has 0 aromatic heterocycles. The number of benzene rings is 1. The Bertz CT molecular complexity index is 484. The Morgan fingerprint density at radius 1 is 1.35 bits per heavy atom. The van der Waals surface area contributed by atoms with Crippen LogP contribution in [0.3, 0.4) is 0 Å². The molecule has 1 aromatic rings. The van der Waals surface area contributed by atoms with Crippen LogP contribution in [0.4, 0.5) is 14.5 Å². The summed E-state index contributed by atoms with van der Waals surface area (Å²) in [6, 6.07) is 9.69. The first-order valence-corrected chi connectivity index (χ1v) is 5.35. The van der Waals surface area contributed by atoms with Crippen LogP contribution in [0.1, 0.15) is 0 Å². The number of nitriles is 2. The van der Waals surface area contributed by atoms with Crippen LogP contribution in [0.15, 0.2) is 40.9 Å². The number of nitrogens with one attached hydrogen (secondary N) is 1. The van der Waals surface area contributed by atoms with Crippen LogP contribution in [0.2, 0.25) is 0 Å². The zero-order chi connectivity index (χ0) is 12.7. The molecule has 1 N–H and O–H groups in total. The molecule has 0 aliphatic rings. The molecule has 0 heterocycles. The maximum Gasteiger partial charge on any atom is 0.288 e. The number of hydrogen-bond donors (Lipinski definition) is 1. The third kappa shape index (κ3) is 4.54. The summed E-state index contributed by atoms with van der Waals surface area (Å²) in [5, 5.41) is 19.7. The van der Waals surface area contributed by atoms with Gasteiger partial charge in [-0.3, -0.25) is 0 Å². The molecule has 1 aromatic carbocycles. The molecule has 0 unspecified atom stereocenters. The van der Waals surface area contributed by atoms with Gasteiger partial charge in [-0.05, 0) is 18.2 Å². The Labute approximate surface area is 101 Å². The Morgan fingerprint density at radius 3 is 2.65 bits per heavy atom. The fraction of sp³-hybridized carbons (Fsp3) is 0.0909. The van der Waals surface area contributed by atoms with Crippen molar-refractivity contribution in [1.82, 2.24) is 0 Å². The summed E-state index contributed by atoms with van der Waals surface area (Å²) >= 11 is 0.434. The molecule has 0 aliphatic carbocycles. The molecule has 17 heavy (non-hydrogen) atoms. The first-order valence-electron chi connectivity index (χ1n) is 4.47. The molecule has 86 valence electrons. The van der Waals surface area contributed by atoms with Crippen molar-refractivity contribution in [2.45, 2.75) is 10.7 Å². The summed E-state index contributed by atoms with van der Waals surface area (Å²) < 4.78 is 24.2. The molecule has 0 fully saturated rings. The molecular weight excluding hydrogens is 244 g/mol. The normalized spacial score (nSPS) is 9.24. The predicted molar refractivity (Wildman–Crippen MR) is 61.2 cm³/mol. The highest BCUT2D eigenvalue weighted by Crippen LogP contribution is 2.27. The van der Waals surface area contributed by atoms with Crippen LogP contribution in [-0.2, 0) is 0 Å². The second-order valence-electron chi connectivity index (χ2n) is 2.83. The molecule has 0 radical (unpaired) electrons. The van der Waals surface area contributed by atoms with Crippen LogP contribution < -0.4 is 5.32 Å². The van der Waals surface area contributed by atoms with Gasteiger partial charge in [-0.15, -0.1) is 0 Å². The van der Waals surface area contributed by atoms with Gasteiger partial charge in [-0.2, -0.15) is 19.3 Å². The van der Waals surface area contributed by atoms with Gasteiger partial charge in [0.2, 0.25) is 0 Å². The van der Waals surface area contributed by atoms with Crippen molar-refractivity contribution < 1.29 is 8.78 Å².